The molecule has 2 fully saturated rings. The summed E-state index contributed by atoms with van der Waals surface area (Å²) in [6, 6.07) is 3.12. The fraction of sp³-hybridized carbons (Fsp3) is 0.529. The number of hydrogen-bond donors (Lipinski definition) is 0. The van der Waals surface area contributed by atoms with Gasteiger partial charge in [0.25, 0.3) is 0 Å². The van der Waals surface area contributed by atoms with E-state index in [9.17, 15) is 4.39 Å². The minimum atomic E-state index is -0.204. The molecule has 6 heteroatoms. The summed E-state index contributed by atoms with van der Waals surface area (Å²) in [4.78, 5) is 13.6. The molecule has 4 rings (SSSR count). The third kappa shape index (κ3) is 3.76. The van der Waals surface area contributed by atoms with Gasteiger partial charge >= 0.3 is 0 Å². The van der Waals surface area contributed by atoms with Gasteiger partial charge in [0.1, 0.15) is 5.82 Å². The average molecular weight is 332 g/mol. The van der Waals surface area contributed by atoms with Crippen molar-refractivity contribution < 1.29 is 4.39 Å². The smallest absolute Gasteiger partial charge is 0.146 e. The first-order chi connectivity index (χ1) is 11.3. The highest BCUT2D eigenvalue weighted by atomic mass is 32.1. The molecular weight excluding hydrogens is 311 g/mol. The fourth-order valence-electron chi connectivity index (χ4n) is 2.99. The lowest BCUT2D eigenvalue weighted by molar-refractivity contribution is 0.119. The van der Waals surface area contributed by atoms with E-state index in [0.29, 0.717) is 12.2 Å². The van der Waals surface area contributed by atoms with Crippen LogP contribution >= 0.6 is 11.3 Å². The predicted octanol–water partition coefficient (Wildman–Crippen LogP) is 2.87. The lowest BCUT2D eigenvalue weighted by Crippen LogP contribution is -2.45. The molecule has 0 N–H and O–H groups in total. The van der Waals surface area contributed by atoms with Gasteiger partial charge in [-0.2, -0.15) is 0 Å². The van der Waals surface area contributed by atoms with Gasteiger partial charge in [0, 0.05) is 56.8 Å². The summed E-state index contributed by atoms with van der Waals surface area (Å²) in [5.74, 6) is 0.545. The molecule has 0 aromatic carbocycles. The molecule has 0 bridgehead atoms. The maximum absolute atomic E-state index is 13.7. The van der Waals surface area contributed by atoms with Crippen molar-refractivity contribution in [2.24, 2.45) is 0 Å². The van der Waals surface area contributed by atoms with Crippen molar-refractivity contribution in [3.63, 3.8) is 0 Å². The van der Waals surface area contributed by atoms with Gasteiger partial charge in [-0.1, -0.05) is 0 Å². The number of pyridine rings is 1. The molecule has 1 saturated heterocycles. The second kappa shape index (κ2) is 6.63. The van der Waals surface area contributed by atoms with Crippen LogP contribution in [0.1, 0.15) is 35.2 Å². The molecule has 0 amide bonds. The molecule has 1 aliphatic carbocycles. The molecule has 4 nitrogen and oxygen atoms in total. The van der Waals surface area contributed by atoms with Crippen LogP contribution in [0.5, 0.6) is 0 Å². The lowest BCUT2D eigenvalue weighted by Gasteiger charge is -2.34. The summed E-state index contributed by atoms with van der Waals surface area (Å²) in [5.41, 5.74) is 1.76. The molecule has 1 aliphatic heterocycles. The molecule has 0 spiro atoms. The predicted molar refractivity (Wildman–Crippen MR) is 88.8 cm³/mol. The summed E-state index contributed by atoms with van der Waals surface area (Å²) in [7, 11) is 0. The molecular formula is C17H21FN4S. The highest BCUT2D eigenvalue weighted by Gasteiger charge is 2.27. The van der Waals surface area contributed by atoms with E-state index in [-0.39, 0.29) is 5.82 Å². The molecule has 0 radical (unpaired) electrons. The van der Waals surface area contributed by atoms with E-state index in [0.717, 1.165) is 38.6 Å². The van der Waals surface area contributed by atoms with Crippen molar-refractivity contribution in [1.82, 2.24) is 19.8 Å². The minimum Gasteiger partial charge on any atom is -0.295 e. The Morgan fingerprint density at radius 2 is 1.87 bits per heavy atom. The minimum absolute atomic E-state index is 0.204. The van der Waals surface area contributed by atoms with Crippen LogP contribution in [0.4, 0.5) is 4.39 Å². The van der Waals surface area contributed by atoms with Gasteiger partial charge in [-0.15, -0.1) is 11.3 Å². The summed E-state index contributed by atoms with van der Waals surface area (Å²) >= 11 is 1.81. The number of halogens is 1. The number of piperazine rings is 1. The van der Waals surface area contributed by atoms with Gasteiger partial charge in [0.05, 0.1) is 16.4 Å². The van der Waals surface area contributed by atoms with Crippen molar-refractivity contribution >= 4 is 11.3 Å². The van der Waals surface area contributed by atoms with Gasteiger partial charge in [-0.25, -0.2) is 9.37 Å². The zero-order valence-electron chi connectivity index (χ0n) is 13.1. The number of aromatic nitrogens is 2. The first-order valence-corrected chi connectivity index (χ1v) is 9.14. The maximum Gasteiger partial charge on any atom is 0.146 e. The van der Waals surface area contributed by atoms with Gasteiger partial charge in [0.15, 0.2) is 0 Å². The molecule has 0 unspecified atom stereocenters. The van der Waals surface area contributed by atoms with Gasteiger partial charge < -0.3 is 0 Å². The molecule has 2 aromatic rings. The third-order valence-corrected chi connectivity index (χ3v) is 5.61. The Balaban J connectivity index is 1.27. The largest absolute Gasteiger partial charge is 0.295 e. The van der Waals surface area contributed by atoms with Crippen LogP contribution in [0.25, 0.3) is 0 Å². The summed E-state index contributed by atoms with van der Waals surface area (Å²) in [6.07, 6.45) is 4.29. The molecule has 23 heavy (non-hydrogen) atoms. The first kappa shape index (κ1) is 15.2. The van der Waals surface area contributed by atoms with Gasteiger partial charge in [0.2, 0.25) is 0 Å². The topological polar surface area (TPSA) is 32.3 Å². The van der Waals surface area contributed by atoms with Crippen LogP contribution < -0.4 is 0 Å². The van der Waals surface area contributed by atoms with Crippen LogP contribution in [0.15, 0.2) is 23.7 Å². The van der Waals surface area contributed by atoms with Gasteiger partial charge in [-0.05, 0) is 25.0 Å². The normalized spacial score (nSPS) is 20.0. The van der Waals surface area contributed by atoms with Crippen LogP contribution in [0.3, 0.4) is 0 Å². The van der Waals surface area contributed by atoms with Crippen LogP contribution in [-0.4, -0.2) is 45.9 Å². The Labute approximate surface area is 140 Å². The molecule has 3 heterocycles. The highest BCUT2D eigenvalue weighted by molar-refractivity contribution is 7.09. The second-order valence-electron chi connectivity index (χ2n) is 6.44. The zero-order valence-corrected chi connectivity index (χ0v) is 13.9. The highest BCUT2D eigenvalue weighted by Crippen LogP contribution is 2.41. The van der Waals surface area contributed by atoms with Crippen molar-refractivity contribution in [3.05, 3.63) is 45.9 Å². The van der Waals surface area contributed by atoms with E-state index >= 15 is 0 Å². The molecule has 2 aliphatic rings. The summed E-state index contributed by atoms with van der Waals surface area (Å²) in [6.45, 7) is 5.46. The fourth-order valence-corrected chi connectivity index (χ4v) is 3.98. The van der Waals surface area contributed by atoms with Crippen molar-refractivity contribution in [1.29, 1.82) is 0 Å². The van der Waals surface area contributed by atoms with Crippen LogP contribution in [0.2, 0.25) is 0 Å². The first-order valence-electron chi connectivity index (χ1n) is 8.26. The molecule has 2 aromatic heterocycles. The van der Waals surface area contributed by atoms with E-state index in [1.807, 2.05) is 11.3 Å². The second-order valence-corrected chi connectivity index (χ2v) is 7.33. The van der Waals surface area contributed by atoms with E-state index in [2.05, 4.69) is 20.2 Å². The zero-order chi connectivity index (χ0) is 15.6. The Hall–Kier alpha value is -1.37. The van der Waals surface area contributed by atoms with Crippen molar-refractivity contribution in [3.8, 4) is 0 Å². The quantitative estimate of drug-likeness (QED) is 0.843. The summed E-state index contributed by atoms with van der Waals surface area (Å²) < 4.78 is 13.7. The van der Waals surface area contributed by atoms with Crippen LogP contribution in [-0.2, 0) is 13.1 Å². The monoisotopic (exact) mass is 332 g/mol. The van der Waals surface area contributed by atoms with E-state index in [1.165, 1.54) is 29.6 Å². The number of rotatable bonds is 5. The number of nitrogens with zero attached hydrogens (tertiary/aromatic N) is 4. The lowest BCUT2D eigenvalue weighted by atomic mass is 10.2. The Morgan fingerprint density at radius 1 is 1.13 bits per heavy atom. The van der Waals surface area contributed by atoms with Gasteiger partial charge in [-0.3, -0.25) is 14.8 Å². The summed E-state index contributed by atoms with van der Waals surface area (Å²) in [5, 5.41) is 3.53. The SMILES string of the molecule is Fc1cccnc1CN1CCN(Cc2csc(C3CC3)n2)CC1. The van der Waals surface area contributed by atoms with E-state index in [4.69, 9.17) is 4.98 Å². The Kier molecular flexibility index (Phi) is 4.37. The molecule has 1 saturated carbocycles. The number of hydrogen-bond acceptors (Lipinski definition) is 5. The van der Waals surface area contributed by atoms with E-state index in [1.54, 1.807) is 12.3 Å². The number of thiazole rings is 1. The Morgan fingerprint density at radius 3 is 2.57 bits per heavy atom. The Bertz CT molecular complexity index is 662. The molecule has 122 valence electrons. The van der Waals surface area contributed by atoms with Crippen molar-refractivity contribution in [2.75, 3.05) is 26.2 Å². The maximum atomic E-state index is 13.7. The van der Waals surface area contributed by atoms with Crippen molar-refractivity contribution in [2.45, 2.75) is 31.8 Å². The van der Waals surface area contributed by atoms with Crippen LogP contribution in [0, 0.1) is 5.82 Å². The average Bonchev–Trinajstić information content (AvgIpc) is 3.32. The standard InChI is InChI=1S/C17H21FN4S/c18-15-2-1-5-19-16(15)11-22-8-6-21(7-9-22)10-14-12-23-17(20-14)13-3-4-13/h1-2,5,12-13H,3-4,6-11H2. The third-order valence-electron chi connectivity index (χ3n) is 4.55. The molecule has 0 atom stereocenters. The van der Waals surface area contributed by atoms with E-state index < -0.39 is 0 Å².